The van der Waals surface area contributed by atoms with E-state index in [0.717, 1.165) is 29.5 Å². The summed E-state index contributed by atoms with van der Waals surface area (Å²) >= 11 is 7.53. The molecule has 152 valence electrons. The Morgan fingerprint density at radius 1 is 1.31 bits per heavy atom. The van der Waals surface area contributed by atoms with Gasteiger partial charge in [0.05, 0.1) is 16.1 Å². The smallest absolute Gasteiger partial charge is 0.260 e. The predicted octanol–water partition coefficient (Wildman–Crippen LogP) is 4.69. The first-order chi connectivity index (χ1) is 13.7. The number of hydrogen-bond donors (Lipinski definition) is 0. The van der Waals surface area contributed by atoms with Crippen LogP contribution in [0.2, 0.25) is 5.02 Å². The molecule has 4 heterocycles. The van der Waals surface area contributed by atoms with Gasteiger partial charge >= 0.3 is 6.18 Å². The first kappa shape index (κ1) is 18.8. The minimum absolute atomic E-state index is 0.00579. The molecule has 0 radical (unpaired) electrons. The monoisotopic (exact) mass is 440 g/mol. The molecule has 6 nitrogen and oxygen atoms in total. The highest BCUT2D eigenvalue weighted by molar-refractivity contribution is 7.19. The molecule has 11 heteroatoms. The molecule has 0 amide bonds. The summed E-state index contributed by atoms with van der Waals surface area (Å²) in [4.78, 5) is 11.4. The Hall–Kier alpha value is -2.20. The lowest BCUT2D eigenvalue weighted by Gasteiger charge is -2.17. The summed E-state index contributed by atoms with van der Waals surface area (Å²) < 4.78 is 42.0. The maximum absolute atomic E-state index is 13.1. The summed E-state index contributed by atoms with van der Waals surface area (Å²) in [6.45, 7) is 3.74. The molecular weight excluding hydrogens is 425 g/mol. The molecule has 0 fully saturated rings. The summed E-state index contributed by atoms with van der Waals surface area (Å²) in [5, 5.41) is 8.65. The predicted molar refractivity (Wildman–Crippen MR) is 103 cm³/mol. The number of aromatic nitrogens is 6. The van der Waals surface area contributed by atoms with Gasteiger partial charge in [0, 0.05) is 4.88 Å². The number of fused-ring (bicyclic) bond motifs is 5. The van der Waals surface area contributed by atoms with Gasteiger partial charge < -0.3 is 0 Å². The van der Waals surface area contributed by atoms with E-state index in [9.17, 15) is 13.2 Å². The zero-order valence-corrected chi connectivity index (χ0v) is 17.2. The zero-order chi connectivity index (χ0) is 20.5. The maximum atomic E-state index is 13.1. The van der Waals surface area contributed by atoms with E-state index in [1.807, 2.05) is 0 Å². The van der Waals surface area contributed by atoms with Gasteiger partial charge in [0.25, 0.3) is 0 Å². The molecule has 5 rings (SSSR count). The van der Waals surface area contributed by atoms with Crippen molar-refractivity contribution < 1.29 is 13.2 Å². The zero-order valence-electron chi connectivity index (χ0n) is 15.6. The highest BCUT2D eigenvalue weighted by atomic mass is 35.5. The Labute approximate surface area is 172 Å². The minimum Gasteiger partial charge on any atom is -0.260 e. The molecule has 4 aromatic rings. The summed E-state index contributed by atoms with van der Waals surface area (Å²) in [6.07, 6.45) is 0.121. The van der Waals surface area contributed by atoms with Crippen LogP contribution in [0.3, 0.4) is 0 Å². The van der Waals surface area contributed by atoms with E-state index >= 15 is 0 Å². The summed E-state index contributed by atoms with van der Waals surface area (Å²) in [5.41, 5.74) is 1.09. The molecule has 1 aliphatic carbocycles. The third-order valence-electron chi connectivity index (χ3n) is 5.37. The van der Waals surface area contributed by atoms with Gasteiger partial charge in [-0.05, 0) is 37.7 Å². The van der Waals surface area contributed by atoms with Crippen LogP contribution in [0.1, 0.15) is 41.0 Å². The number of thiophene rings is 1. The van der Waals surface area contributed by atoms with Crippen molar-refractivity contribution in [2.24, 2.45) is 5.92 Å². The van der Waals surface area contributed by atoms with Crippen molar-refractivity contribution in [3.8, 4) is 0 Å². The van der Waals surface area contributed by atoms with E-state index in [4.69, 9.17) is 11.6 Å². The normalized spacial score (nSPS) is 17.4. The summed E-state index contributed by atoms with van der Waals surface area (Å²) in [7, 11) is 0. The number of aryl methyl sites for hydroxylation is 1. The number of halogens is 4. The Bertz CT molecular complexity index is 1250. The Balaban J connectivity index is 1.58. The highest BCUT2D eigenvalue weighted by Crippen LogP contribution is 2.39. The van der Waals surface area contributed by atoms with Crippen LogP contribution in [0, 0.1) is 12.8 Å². The number of nitrogens with zero attached hydrogens (tertiary/aromatic N) is 6. The second-order valence-corrected chi connectivity index (χ2v) is 8.94. The Morgan fingerprint density at radius 2 is 2.10 bits per heavy atom. The first-order valence-electron chi connectivity index (χ1n) is 9.17. The van der Waals surface area contributed by atoms with Crippen molar-refractivity contribution in [1.82, 2.24) is 29.4 Å². The van der Waals surface area contributed by atoms with E-state index in [1.165, 1.54) is 22.0 Å². The van der Waals surface area contributed by atoms with Gasteiger partial charge in [-0.2, -0.15) is 18.3 Å². The molecule has 1 aliphatic rings. The lowest BCUT2D eigenvalue weighted by Crippen LogP contribution is -2.10. The van der Waals surface area contributed by atoms with Crippen LogP contribution in [0.4, 0.5) is 13.2 Å². The van der Waals surface area contributed by atoms with Crippen LogP contribution < -0.4 is 0 Å². The minimum atomic E-state index is -4.61. The first-order valence-corrected chi connectivity index (χ1v) is 10.4. The fourth-order valence-electron chi connectivity index (χ4n) is 3.84. The van der Waals surface area contributed by atoms with Gasteiger partial charge in [-0.25, -0.2) is 14.5 Å². The number of rotatable bonds is 2. The Morgan fingerprint density at radius 3 is 2.83 bits per heavy atom. The van der Waals surface area contributed by atoms with Crippen LogP contribution in [-0.4, -0.2) is 29.4 Å². The third-order valence-corrected chi connectivity index (χ3v) is 6.98. The van der Waals surface area contributed by atoms with Crippen LogP contribution in [-0.2, 0) is 25.6 Å². The van der Waals surface area contributed by atoms with Gasteiger partial charge in [-0.3, -0.25) is 4.68 Å². The average Bonchev–Trinajstić information content (AvgIpc) is 3.29. The van der Waals surface area contributed by atoms with Crippen LogP contribution in [0.5, 0.6) is 0 Å². The van der Waals surface area contributed by atoms with E-state index < -0.39 is 16.9 Å². The SMILES string of the molecule is Cc1c(Cl)c(C(F)(F)F)nn1Cc1nc2c3c4c(sc3ncn2n1)CC(C)CC4. The van der Waals surface area contributed by atoms with E-state index in [0.29, 0.717) is 17.4 Å². The molecule has 0 bridgehead atoms. The van der Waals surface area contributed by atoms with E-state index in [2.05, 4.69) is 27.1 Å². The molecule has 0 spiro atoms. The molecule has 0 saturated carbocycles. The second kappa shape index (κ2) is 6.40. The quantitative estimate of drug-likeness (QED) is 0.453. The molecule has 1 unspecified atom stereocenters. The number of alkyl halides is 3. The Kier molecular flexibility index (Phi) is 4.15. The molecule has 29 heavy (non-hydrogen) atoms. The van der Waals surface area contributed by atoms with Gasteiger partial charge in [-0.15, -0.1) is 16.4 Å². The van der Waals surface area contributed by atoms with Crippen molar-refractivity contribution >= 4 is 38.8 Å². The van der Waals surface area contributed by atoms with Crippen molar-refractivity contribution in [2.45, 2.75) is 45.8 Å². The summed E-state index contributed by atoms with van der Waals surface area (Å²) in [6, 6.07) is 0. The lowest BCUT2D eigenvalue weighted by atomic mass is 9.89. The fourth-order valence-corrected chi connectivity index (χ4v) is 5.43. The van der Waals surface area contributed by atoms with Gasteiger partial charge in [0.15, 0.2) is 17.2 Å². The average molecular weight is 441 g/mol. The van der Waals surface area contributed by atoms with E-state index in [-0.39, 0.29) is 12.2 Å². The van der Waals surface area contributed by atoms with Crippen molar-refractivity contribution in [1.29, 1.82) is 0 Å². The second-order valence-electron chi connectivity index (χ2n) is 7.48. The van der Waals surface area contributed by atoms with Gasteiger partial charge in [0.1, 0.15) is 17.7 Å². The van der Waals surface area contributed by atoms with Gasteiger partial charge in [0.2, 0.25) is 0 Å². The molecule has 0 aliphatic heterocycles. The lowest BCUT2D eigenvalue weighted by molar-refractivity contribution is -0.141. The van der Waals surface area contributed by atoms with Crippen molar-refractivity contribution in [3.05, 3.63) is 39.0 Å². The number of hydrogen-bond acceptors (Lipinski definition) is 5. The molecule has 0 saturated heterocycles. The van der Waals surface area contributed by atoms with Crippen molar-refractivity contribution in [3.63, 3.8) is 0 Å². The van der Waals surface area contributed by atoms with Crippen LogP contribution >= 0.6 is 22.9 Å². The van der Waals surface area contributed by atoms with Crippen LogP contribution in [0.25, 0.3) is 15.9 Å². The largest absolute Gasteiger partial charge is 0.436 e. The summed E-state index contributed by atoms with van der Waals surface area (Å²) in [5.74, 6) is 1.01. The van der Waals surface area contributed by atoms with E-state index in [1.54, 1.807) is 22.2 Å². The topological polar surface area (TPSA) is 60.9 Å². The van der Waals surface area contributed by atoms with Crippen LogP contribution in [0.15, 0.2) is 6.33 Å². The molecule has 1 atom stereocenters. The highest BCUT2D eigenvalue weighted by Gasteiger charge is 2.38. The maximum Gasteiger partial charge on any atom is 0.436 e. The standard InChI is InChI=1S/C18H16ClF3N6S/c1-8-3-4-10-11(5-8)29-17-13(10)16-24-12(25-28(16)7-23-17)6-27-9(2)14(19)15(26-27)18(20,21)22/h7-8H,3-6H2,1-2H3. The third kappa shape index (κ3) is 3.00. The molecule has 0 aromatic carbocycles. The molecular formula is C18H16ClF3N6S. The van der Waals surface area contributed by atoms with Crippen molar-refractivity contribution in [2.75, 3.05) is 0 Å². The fraction of sp³-hybridized carbons (Fsp3) is 0.444. The van der Waals surface area contributed by atoms with Gasteiger partial charge in [-0.1, -0.05) is 18.5 Å². The molecule has 0 N–H and O–H groups in total. The molecule has 4 aromatic heterocycles.